The molecule has 0 saturated heterocycles. The Morgan fingerprint density at radius 3 is 3.07 bits per heavy atom. The number of nitrogens with zero attached hydrogens (tertiary/aromatic N) is 2. The van der Waals surface area contributed by atoms with E-state index < -0.39 is 5.97 Å². The van der Waals surface area contributed by atoms with Crippen molar-refractivity contribution in [3.05, 3.63) is 11.1 Å². The standard InChI is InChI=1S/C9H14N2O3S/c1-11(3-4-14-2)9-10-7(6-15-9)5-8(12)13/h6H,3-5H2,1-2H3,(H,12,13). The lowest BCUT2D eigenvalue weighted by Crippen LogP contribution is -2.21. The SMILES string of the molecule is COCCN(C)c1nc(CC(=O)O)cs1. The Morgan fingerprint density at radius 1 is 1.73 bits per heavy atom. The smallest absolute Gasteiger partial charge is 0.309 e. The van der Waals surface area contributed by atoms with E-state index in [-0.39, 0.29) is 6.42 Å². The van der Waals surface area contributed by atoms with Crippen LogP contribution < -0.4 is 4.90 Å². The maximum Gasteiger partial charge on any atom is 0.309 e. The summed E-state index contributed by atoms with van der Waals surface area (Å²) in [6.07, 6.45) is -0.0192. The Labute approximate surface area is 92.3 Å². The maximum absolute atomic E-state index is 10.5. The zero-order valence-electron chi connectivity index (χ0n) is 8.77. The number of carboxylic acid groups (broad SMARTS) is 1. The highest BCUT2D eigenvalue weighted by molar-refractivity contribution is 7.13. The number of hydrogen-bond acceptors (Lipinski definition) is 5. The highest BCUT2D eigenvalue weighted by Gasteiger charge is 2.08. The largest absolute Gasteiger partial charge is 0.481 e. The number of hydrogen-bond donors (Lipinski definition) is 1. The lowest BCUT2D eigenvalue weighted by atomic mass is 10.3. The van der Waals surface area contributed by atoms with Crippen LogP contribution in [0.25, 0.3) is 0 Å². The number of carbonyl (C=O) groups is 1. The molecule has 15 heavy (non-hydrogen) atoms. The summed E-state index contributed by atoms with van der Waals surface area (Å²) in [5, 5.41) is 11.2. The third kappa shape index (κ3) is 3.85. The molecule has 1 aromatic rings. The summed E-state index contributed by atoms with van der Waals surface area (Å²) in [6.45, 7) is 1.38. The van der Waals surface area contributed by atoms with Gasteiger partial charge in [-0.2, -0.15) is 0 Å². The van der Waals surface area contributed by atoms with Crippen molar-refractivity contribution < 1.29 is 14.6 Å². The van der Waals surface area contributed by atoms with Crippen LogP contribution in [0.15, 0.2) is 5.38 Å². The van der Waals surface area contributed by atoms with Crippen LogP contribution in [0.4, 0.5) is 5.13 Å². The number of carboxylic acids is 1. The van der Waals surface area contributed by atoms with Crippen LogP contribution in [0.5, 0.6) is 0 Å². The van der Waals surface area contributed by atoms with E-state index in [0.29, 0.717) is 12.3 Å². The summed E-state index contributed by atoms with van der Waals surface area (Å²) in [5.74, 6) is -0.855. The fraction of sp³-hybridized carbons (Fsp3) is 0.556. The van der Waals surface area contributed by atoms with E-state index in [2.05, 4.69) is 4.98 Å². The molecule has 0 fully saturated rings. The van der Waals surface area contributed by atoms with E-state index in [1.807, 2.05) is 11.9 Å². The minimum absolute atomic E-state index is 0.0192. The molecule has 1 rings (SSSR count). The summed E-state index contributed by atoms with van der Waals surface area (Å²) < 4.78 is 4.95. The average Bonchev–Trinajstić information content (AvgIpc) is 2.61. The second-order valence-corrected chi connectivity index (χ2v) is 3.94. The fourth-order valence-corrected chi connectivity index (χ4v) is 1.85. The molecule has 0 aliphatic rings. The molecular weight excluding hydrogens is 216 g/mol. The second-order valence-electron chi connectivity index (χ2n) is 3.11. The molecule has 0 bridgehead atoms. The molecule has 0 saturated carbocycles. The normalized spacial score (nSPS) is 10.3. The number of anilines is 1. The van der Waals surface area contributed by atoms with Crippen molar-refractivity contribution in [1.82, 2.24) is 4.98 Å². The van der Waals surface area contributed by atoms with Gasteiger partial charge in [-0.15, -0.1) is 11.3 Å². The van der Waals surface area contributed by atoms with Gasteiger partial charge in [0.15, 0.2) is 5.13 Å². The van der Waals surface area contributed by atoms with Gasteiger partial charge in [0.1, 0.15) is 0 Å². The van der Waals surface area contributed by atoms with Gasteiger partial charge in [0.25, 0.3) is 0 Å². The summed E-state index contributed by atoms with van der Waals surface area (Å²) in [6, 6.07) is 0. The quantitative estimate of drug-likeness (QED) is 0.785. The van der Waals surface area contributed by atoms with Gasteiger partial charge in [0.2, 0.25) is 0 Å². The summed E-state index contributed by atoms with van der Waals surface area (Å²) >= 11 is 1.45. The highest BCUT2D eigenvalue weighted by atomic mass is 32.1. The number of likely N-dealkylation sites (N-methyl/N-ethyl adjacent to an activating group) is 1. The van der Waals surface area contributed by atoms with Crippen molar-refractivity contribution in [3.8, 4) is 0 Å². The van der Waals surface area contributed by atoms with E-state index in [1.165, 1.54) is 11.3 Å². The monoisotopic (exact) mass is 230 g/mol. The number of aliphatic carboxylic acids is 1. The van der Waals surface area contributed by atoms with E-state index in [9.17, 15) is 4.79 Å². The first-order valence-electron chi connectivity index (χ1n) is 4.49. The molecule has 6 heteroatoms. The molecule has 1 N–H and O–H groups in total. The van der Waals surface area contributed by atoms with Crippen LogP contribution in [0.1, 0.15) is 5.69 Å². The molecule has 0 aliphatic heterocycles. The predicted octanol–water partition coefficient (Wildman–Crippen LogP) is 0.853. The Balaban J connectivity index is 2.54. The second kappa shape index (κ2) is 5.67. The van der Waals surface area contributed by atoms with Crippen LogP contribution in [-0.4, -0.2) is 43.4 Å². The predicted molar refractivity (Wildman–Crippen MR) is 58.6 cm³/mol. The van der Waals surface area contributed by atoms with Crippen molar-refractivity contribution in [1.29, 1.82) is 0 Å². The Bertz CT molecular complexity index is 327. The van der Waals surface area contributed by atoms with Crippen LogP contribution in [0, 0.1) is 0 Å². The van der Waals surface area contributed by atoms with Gasteiger partial charge >= 0.3 is 5.97 Å². The topological polar surface area (TPSA) is 62.7 Å². The van der Waals surface area contributed by atoms with Gasteiger partial charge < -0.3 is 14.7 Å². The maximum atomic E-state index is 10.5. The molecular formula is C9H14N2O3S. The van der Waals surface area contributed by atoms with Crippen LogP contribution >= 0.6 is 11.3 Å². The Morgan fingerprint density at radius 2 is 2.47 bits per heavy atom. The van der Waals surface area contributed by atoms with Gasteiger partial charge in [-0.1, -0.05) is 0 Å². The van der Waals surface area contributed by atoms with Gasteiger partial charge in [-0.05, 0) is 0 Å². The van der Waals surface area contributed by atoms with Crippen molar-refractivity contribution >= 4 is 22.4 Å². The number of ether oxygens (including phenoxy) is 1. The molecule has 5 nitrogen and oxygen atoms in total. The van der Waals surface area contributed by atoms with E-state index in [0.717, 1.165) is 11.7 Å². The first-order chi connectivity index (χ1) is 7.13. The third-order valence-electron chi connectivity index (χ3n) is 1.83. The summed E-state index contributed by atoms with van der Waals surface area (Å²) in [7, 11) is 3.55. The number of methoxy groups -OCH3 is 1. The molecule has 0 aliphatic carbocycles. The van der Waals surface area contributed by atoms with Crippen molar-refractivity contribution in [2.24, 2.45) is 0 Å². The van der Waals surface area contributed by atoms with Gasteiger partial charge in [-0.25, -0.2) is 4.98 Å². The van der Waals surface area contributed by atoms with Crippen LogP contribution in [-0.2, 0) is 16.0 Å². The average molecular weight is 230 g/mol. The first-order valence-corrected chi connectivity index (χ1v) is 5.37. The highest BCUT2D eigenvalue weighted by Crippen LogP contribution is 2.19. The number of aromatic nitrogens is 1. The van der Waals surface area contributed by atoms with E-state index in [1.54, 1.807) is 12.5 Å². The molecule has 0 unspecified atom stereocenters. The third-order valence-corrected chi connectivity index (χ3v) is 2.83. The molecule has 0 aromatic carbocycles. The lowest BCUT2D eigenvalue weighted by molar-refractivity contribution is -0.136. The molecule has 1 aromatic heterocycles. The van der Waals surface area contributed by atoms with Gasteiger partial charge in [0, 0.05) is 26.1 Å². The van der Waals surface area contributed by atoms with Crippen molar-refractivity contribution in [3.63, 3.8) is 0 Å². The molecule has 0 radical (unpaired) electrons. The van der Waals surface area contributed by atoms with Crippen LogP contribution in [0.3, 0.4) is 0 Å². The van der Waals surface area contributed by atoms with Crippen molar-refractivity contribution in [2.75, 3.05) is 32.2 Å². The number of thiazole rings is 1. The fourth-order valence-electron chi connectivity index (χ4n) is 1.03. The summed E-state index contributed by atoms with van der Waals surface area (Å²) in [5.41, 5.74) is 0.603. The molecule has 1 heterocycles. The van der Waals surface area contributed by atoms with Gasteiger partial charge in [0.05, 0.1) is 18.7 Å². The molecule has 84 valence electrons. The van der Waals surface area contributed by atoms with Gasteiger partial charge in [-0.3, -0.25) is 4.79 Å². The Hall–Kier alpha value is -1.14. The van der Waals surface area contributed by atoms with E-state index >= 15 is 0 Å². The lowest BCUT2D eigenvalue weighted by Gasteiger charge is -2.14. The zero-order valence-corrected chi connectivity index (χ0v) is 9.58. The minimum Gasteiger partial charge on any atom is -0.481 e. The Kier molecular flexibility index (Phi) is 4.51. The van der Waals surface area contributed by atoms with E-state index in [4.69, 9.17) is 9.84 Å². The zero-order chi connectivity index (χ0) is 11.3. The summed E-state index contributed by atoms with van der Waals surface area (Å²) in [4.78, 5) is 16.6. The minimum atomic E-state index is -0.855. The van der Waals surface area contributed by atoms with Crippen LogP contribution in [0.2, 0.25) is 0 Å². The number of rotatable bonds is 6. The first kappa shape index (κ1) is 11.9. The van der Waals surface area contributed by atoms with Crippen molar-refractivity contribution in [2.45, 2.75) is 6.42 Å². The molecule has 0 amide bonds. The molecule has 0 atom stereocenters. The molecule has 0 spiro atoms.